The zero-order valence-corrected chi connectivity index (χ0v) is 22.4. The molecule has 1 saturated heterocycles. The van der Waals surface area contributed by atoms with Gasteiger partial charge in [0, 0.05) is 24.0 Å². The van der Waals surface area contributed by atoms with E-state index < -0.39 is 63.5 Å². The fourth-order valence-corrected chi connectivity index (χ4v) is 7.07. The van der Waals surface area contributed by atoms with Gasteiger partial charge in [0.15, 0.2) is 0 Å². The summed E-state index contributed by atoms with van der Waals surface area (Å²) < 4.78 is 0. The minimum atomic E-state index is -0.992. The van der Waals surface area contributed by atoms with E-state index in [0.717, 1.165) is 38.3 Å². The first kappa shape index (κ1) is 26.2. The van der Waals surface area contributed by atoms with Crippen LogP contribution in [0.1, 0.15) is 50.0 Å². The predicted molar refractivity (Wildman–Crippen MR) is 151 cm³/mol. The third-order valence-electron chi connectivity index (χ3n) is 8.74. The van der Waals surface area contributed by atoms with Gasteiger partial charge in [0.1, 0.15) is 5.56 Å². The lowest BCUT2D eigenvalue weighted by atomic mass is 9.55. The Hall–Kier alpha value is -5.71. The number of nitrogens with zero attached hydrogens (tertiary/aromatic N) is 4. The summed E-state index contributed by atoms with van der Waals surface area (Å²) in [4.78, 5) is 65.3. The molecule has 0 unspecified atom stereocenters. The number of rotatable bonds is 6. The molecule has 2 bridgehead atoms. The highest BCUT2D eigenvalue weighted by atomic mass is 16.6. The van der Waals surface area contributed by atoms with E-state index in [-0.39, 0.29) is 16.8 Å². The number of nitro groups is 2. The molecule has 212 valence electrons. The molecule has 0 radical (unpaired) electrons. The summed E-state index contributed by atoms with van der Waals surface area (Å²) in [5, 5.41) is 25.3. The van der Waals surface area contributed by atoms with Gasteiger partial charge >= 0.3 is 0 Å². The number of benzene rings is 4. The molecule has 4 aromatic carbocycles. The average Bonchev–Trinajstić information content (AvgIpc) is 3.29. The van der Waals surface area contributed by atoms with E-state index in [9.17, 15) is 34.6 Å². The van der Waals surface area contributed by atoms with E-state index in [1.807, 2.05) is 48.5 Å². The van der Waals surface area contributed by atoms with Crippen molar-refractivity contribution in [3.05, 3.63) is 151 Å². The fraction of sp³-hybridized carbons (Fsp3) is 0.156. The normalized spacial score (nSPS) is 21.2. The number of amides is 3. The molecule has 1 aliphatic heterocycles. The highest BCUT2D eigenvalue weighted by Gasteiger charge is 2.63. The zero-order valence-electron chi connectivity index (χ0n) is 22.4. The molecule has 0 saturated carbocycles. The Morgan fingerprint density at radius 2 is 1.07 bits per heavy atom. The molecule has 1 heterocycles. The predicted octanol–water partition coefficient (Wildman–Crippen LogP) is 4.95. The van der Waals surface area contributed by atoms with Gasteiger partial charge in [-0.25, -0.2) is 5.01 Å². The number of carbonyl (C=O) groups is 3. The van der Waals surface area contributed by atoms with Crippen molar-refractivity contribution in [1.29, 1.82) is 0 Å². The topological polar surface area (TPSA) is 144 Å². The molecule has 43 heavy (non-hydrogen) atoms. The molecule has 8 rings (SSSR count). The lowest BCUT2D eigenvalue weighted by Crippen LogP contribution is -2.50. The van der Waals surface area contributed by atoms with E-state index in [2.05, 4.69) is 0 Å². The second kappa shape index (κ2) is 9.69. The Labute approximate surface area is 244 Å². The average molecular weight is 575 g/mol. The highest BCUT2D eigenvalue weighted by Crippen LogP contribution is 2.61. The summed E-state index contributed by atoms with van der Waals surface area (Å²) in [5.41, 5.74) is 2.61. The molecule has 0 spiro atoms. The molecule has 4 aromatic rings. The van der Waals surface area contributed by atoms with Gasteiger partial charge in [0.25, 0.3) is 29.1 Å². The second-order valence-corrected chi connectivity index (χ2v) is 10.8. The van der Waals surface area contributed by atoms with Gasteiger partial charge in [-0.3, -0.25) is 34.6 Å². The van der Waals surface area contributed by atoms with Gasteiger partial charge in [0.2, 0.25) is 0 Å². The number of hydrogen-bond acceptors (Lipinski definition) is 7. The molecular formula is C32H22N4O7. The highest BCUT2D eigenvalue weighted by molar-refractivity contribution is 6.10. The number of para-hydroxylation sites is 2. The SMILES string of the molecule is O=C(c1ccccc1[N+](=O)[O-])N(Cc1ccccc1[N+](=O)[O-])N1C(=O)[C@@H]2C3c4ccccc4C(c4ccccc43)[C@H]2C1=O. The molecule has 4 aliphatic rings. The zero-order chi connectivity index (χ0) is 30.0. The van der Waals surface area contributed by atoms with E-state index >= 15 is 0 Å². The third kappa shape index (κ3) is 3.78. The Bertz CT molecular complexity index is 1770. The molecule has 3 amide bonds. The van der Waals surface area contributed by atoms with Gasteiger partial charge in [-0.2, -0.15) is 5.01 Å². The monoisotopic (exact) mass is 574 g/mol. The molecule has 2 atom stereocenters. The summed E-state index contributed by atoms with van der Waals surface area (Å²) in [6.45, 7) is -0.534. The lowest BCUT2D eigenvalue weighted by Gasteiger charge is -2.45. The van der Waals surface area contributed by atoms with Gasteiger partial charge in [-0.05, 0) is 28.3 Å². The largest absolute Gasteiger partial charge is 0.282 e. The maximum atomic E-state index is 14.4. The number of imide groups is 1. The first-order valence-corrected chi connectivity index (χ1v) is 13.6. The Balaban J connectivity index is 1.39. The van der Waals surface area contributed by atoms with Crippen LogP contribution < -0.4 is 0 Å². The Morgan fingerprint density at radius 1 is 0.651 bits per heavy atom. The first-order chi connectivity index (χ1) is 20.8. The van der Waals surface area contributed by atoms with Crippen molar-refractivity contribution < 1.29 is 24.2 Å². The van der Waals surface area contributed by atoms with E-state index in [0.29, 0.717) is 0 Å². The van der Waals surface area contributed by atoms with E-state index in [1.54, 1.807) is 0 Å². The summed E-state index contributed by atoms with van der Waals surface area (Å²) >= 11 is 0. The van der Waals surface area contributed by atoms with Crippen LogP contribution in [0.25, 0.3) is 0 Å². The van der Waals surface area contributed by atoms with Crippen molar-refractivity contribution in [2.75, 3.05) is 0 Å². The number of hydrogen-bond donors (Lipinski definition) is 0. The second-order valence-electron chi connectivity index (χ2n) is 10.8. The first-order valence-electron chi connectivity index (χ1n) is 13.6. The number of carbonyl (C=O) groups excluding carboxylic acids is 3. The number of hydrazine groups is 1. The van der Waals surface area contributed by atoms with Crippen LogP contribution in [0.2, 0.25) is 0 Å². The minimum Gasteiger partial charge on any atom is -0.272 e. The van der Waals surface area contributed by atoms with Gasteiger partial charge in [-0.15, -0.1) is 0 Å². The molecule has 11 heteroatoms. The molecule has 0 aromatic heterocycles. The van der Waals surface area contributed by atoms with Gasteiger partial charge < -0.3 is 0 Å². The van der Waals surface area contributed by atoms with Crippen LogP contribution in [-0.2, 0) is 16.1 Å². The molecule has 11 nitrogen and oxygen atoms in total. The smallest absolute Gasteiger partial charge is 0.272 e. The van der Waals surface area contributed by atoms with Crippen molar-refractivity contribution in [3.63, 3.8) is 0 Å². The van der Waals surface area contributed by atoms with Gasteiger partial charge in [-0.1, -0.05) is 78.9 Å². The summed E-state index contributed by atoms with van der Waals surface area (Å²) in [6.07, 6.45) is 0. The maximum absolute atomic E-state index is 14.4. The Kier molecular flexibility index (Phi) is 5.91. The molecular weight excluding hydrogens is 552 g/mol. The number of nitro benzene ring substituents is 2. The standard InChI is InChI=1S/C32H22N4O7/c37-30(23-14-6-8-16-25(23)36(42)43)33(17-18-9-1-7-15-24(18)35(40)41)34-31(38)28-26-19-10-2-3-11-20(19)27(29(28)32(34)39)22-13-5-4-12-21(22)26/h1-16,26-29H,17H2/t26?,27?,28-,29-/m1/s1. The van der Waals surface area contributed by atoms with Crippen LogP contribution in [0.3, 0.4) is 0 Å². The van der Waals surface area contributed by atoms with Crippen molar-refractivity contribution in [1.82, 2.24) is 10.0 Å². The van der Waals surface area contributed by atoms with Gasteiger partial charge in [0.05, 0.1) is 33.8 Å². The van der Waals surface area contributed by atoms with E-state index in [4.69, 9.17) is 0 Å². The quantitative estimate of drug-likeness (QED) is 0.180. The summed E-state index contributed by atoms with van der Waals surface area (Å²) in [6, 6.07) is 26.2. The fourth-order valence-electron chi connectivity index (χ4n) is 7.07. The van der Waals surface area contributed by atoms with Crippen LogP contribution in [0.5, 0.6) is 0 Å². The Morgan fingerprint density at radius 3 is 1.56 bits per heavy atom. The lowest BCUT2D eigenvalue weighted by molar-refractivity contribution is -0.385. The maximum Gasteiger partial charge on any atom is 0.282 e. The van der Waals surface area contributed by atoms with Crippen LogP contribution in [-0.4, -0.2) is 37.6 Å². The van der Waals surface area contributed by atoms with Crippen LogP contribution in [0.15, 0.2) is 97.1 Å². The minimum absolute atomic E-state index is 0.0597. The third-order valence-corrected chi connectivity index (χ3v) is 8.74. The molecule has 3 aliphatic carbocycles. The van der Waals surface area contributed by atoms with Crippen LogP contribution in [0, 0.1) is 32.1 Å². The van der Waals surface area contributed by atoms with Crippen molar-refractivity contribution >= 4 is 29.1 Å². The van der Waals surface area contributed by atoms with E-state index in [1.165, 1.54) is 42.5 Å². The van der Waals surface area contributed by atoms with Crippen LogP contribution in [0.4, 0.5) is 11.4 Å². The van der Waals surface area contributed by atoms with Crippen LogP contribution >= 0.6 is 0 Å². The summed E-state index contributed by atoms with van der Waals surface area (Å²) in [7, 11) is 0. The van der Waals surface area contributed by atoms with Crippen molar-refractivity contribution in [2.45, 2.75) is 18.4 Å². The molecule has 0 N–H and O–H groups in total. The van der Waals surface area contributed by atoms with Crippen molar-refractivity contribution in [3.8, 4) is 0 Å². The molecule has 1 fully saturated rings. The van der Waals surface area contributed by atoms with Crippen molar-refractivity contribution in [2.24, 2.45) is 11.8 Å². The summed E-state index contributed by atoms with van der Waals surface area (Å²) in [5.74, 6) is -4.79.